The quantitative estimate of drug-likeness (QED) is 0.593. The van der Waals surface area contributed by atoms with Crippen molar-refractivity contribution < 1.29 is 13.2 Å². The number of nitrogens with zero attached hydrogens (tertiary/aromatic N) is 2. The zero-order chi connectivity index (χ0) is 21.4. The molecule has 2 N–H and O–H groups in total. The van der Waals surface area contributed by atoms with Gasteiger partial charge in [-0.3, -0.25) is 4.79 Å². The first-order valence-corrected chi connectivity index (χ1v) is 11.9. The molecule has 0 aliphatic carbocycles. The molecule has 0 bridgehead atoms. The molecule has 1 amide bonds. The van der Waals surface area contributed by atoms with E-state index in [4.69, 9.17) is 0 Å². The molecule has 0 aromatic heterocycles. The first kappa shape index (κ1) is 23.8. The van der Waals surface area contributed by atoms with Gasteiger partial charge in [0.1, 0.15) is 0 Å². The van der Waals surface area contributed by atoms with Gasteiger partial charge in [0.2, 0.25) is 15.9 Å². The van der Waals surface area contributed by atoms with E-state index < -0.39 is 10.0 Å². The van der Waals surface area contributed by atoms with Crippen LogP contribution in [0.15, 0.2) is 23.1 Å². The van der Waals surface area contributed by atoms with E-state index in [0.29, 0.717) is 18.0 Å². The van der Waals surface area contributed by atoms with Crippen molar-refractivity contribution in [3.63, 3.8) is 0 Å². The van der Waals surface area contributed by atoms with Crippen LogP contribution in [0.3, 0.4) is 0 Å². The number of hydrogen-bond acceptors (Lipinski definition) is 5. The number of sulfonamides is 1. The number of aryl methyl sites for hydroxylation is 2. The summed E-state index contributed by atoms with van der Waals surface area (Å²) in [7, 11) is 0.580. The van der Waals surface area contributed by atoms with Crippen LogP contribution in [0.1, 0.15) is 30.4 Å². The van der Waals surface area contributed by atoms with Crippen LogP contribution in [0.25, 0.3) is 0 Å². The predicted octanol–water partition coefficient (Wildman–Crippen LogP) is 1.36. The van der Waals surface area contributed by atoms with Gasteiger partial charge in [0.15, 0.2) is 0 Å². The summed E-state index contributed by atoms with van der Waals surface area (Å²) in [6, 6.07) is 5.23. The van der Waals surface area contributed by atoms with Crippen molar-refractivity contribution in [3.8, 4) is 0 Å². The lowest BCUT2D eigenvalue weighted by Crippen LogP contribution is -2.41. The van der Waals surface area contributed by atoms with Crippen LogP contribution in [0.5, 0.6) is 0 Å². The Morgan fingerprint density at radius 3 is 2.52 bits per heavy atom. The Hall–Kier alpha value is -1.48. The van der Waals surface area contributed by atoms with Gasteiger partial charge in [0.05, 0.1) is 4.90 Å². The van der Waals surface area contributed by atoms with E-state index in [-0.39, 0.29) is 23.8 Å². The van der Waals surface area contributed by atoms with Crippen LogP contribution in [0.2, 0.25) is 0 Å². The normalized spacial score (nSPS) is 16.3. The second-order valence-corrected chi connectivity index (χ2v) is 10.0. The van der Waals surface area contributed by atoms with Crippen LogP contribution in [0.4, 0.5) is 0 Å². The topological polar surface area (TPSA) is 81.7 Å². The predicted molar refractivity (Wildman–Crippen MR) is 116 cm³/mol. The molecule has 0 saturated carbocycles. The van der Waals surface area contributed by atoms with E-state index in [1.54, 1.807) is 19.1 Å². The van der Waals surface area contributed by atoms with E-state index in [2.05, 4.69) is 33.9 Å². The summed E-state index contributed by atoms with van der Waals surface area (Å²) in [5.74, 6) is 0.393. The van der Waals surface area contributed by atoms with E-state index >= 15 is 0 Å². The average Bonchev–Trinajstić information content (AvgIpc) is 2.65. The third kappa shape index (κ3) is 8.04. The average molecular weight is 425 g/mol. The number of carbonyl (C=O) groups is 1. The van der Waals surface area contributed by atoms with Crippen LogP contribution < -0.4 is 10.0 Å². The third-order valence-corrected chi connectivity index (χ3v) is 7.04. The Balaban J connectivity index is 1.66. The van der Waals surface area contributed by atoms with Gasteiger partial charge in [-0.25, -0.2) is 13.1 Å². The molecular weight excluding hydrogens is 388 g/mol. The Kier molecular flexibility index (Phi) is 9.07. The highest BCUT2D eigenvalue weighted by atomic mass is 32.2. The van der Waals surface area contributed by atoms with Crippen LogP contribution in [-0.4, -0.2) is 77.5 Å². The van der Waals surface area contributed by atoms with Crippen LogP contribution in [-0.2, 0) is 14.8 Å². The maximum absolute atomic E-state index is 12.4. The summed E-state index contributed by atoms with van der Waals surface area (Å²) in [4.78, 5) is 17.0. The van der Waals surface area contributed by atoms with Crippen molar-refractivity contribution in [2.45, 2.75) is 38.0 Å². The molecule has 1 aliphatic heterocycles. The standard InChI is InChI=1S/C21H36N4O3S/c1-17-5-6-20(18(2)15-17)29(27,28)23-10-7-21(26)22-16-19-8-11-25(12-9-19)14-13-24(3)4/h5-6,15,19,23H,7-14,16H2,1-4H3,(H,22,26). The number of hydrogen-bond donors (Lipinski definition) is 2. The van der Waals surface area contributed by atoms with Crippen molar-refractivity contribution in [1.82, 2.24) is 19.8 Å². The molecule has 29 heavy (non-hydrogen) atoms. The fourth-order valence-electron chi connectivity index (χ4n) is 3.58. The number of carbonyl (C=O) groups excluding carboxylic acids is 1. The minimum atomic E-state index is -3.60. The SMILES string of the molecule is Cc1ccc(S(=O)(=O)NCCC(=O)NCC2CCN(CCN(C)C)CC2)c(C)c1. The van der Waals surface area contributed by atoms with Crippen LogP contribution in [0, 0.1) is 19.8 Å². The summed E-state index contributed by atoms with van der Waals surface area (Å²) in [6.45, 7) is 8.78. The van der Waals surface area contributed by atoms with Crippen molar-refractivity contribution >= 4 is 15.9 Å². The summed E-state index contributed by atoms with van der Waals surface area (Å²) >= 11 is 0. The van der Waals surface area contributed by atoms with Gasteiger partial charge >= 0.3 is 0 Å². The largest absolute Gasteiger partial charge is 0.356 e. The summed E-state index contributed by atoms with van der Waals surface area (Å²) in [5.41, 5.74) is 1.73. The molecular formula is C21H36N4O3S. The Morgan fingerprint density at radius 1 is 1.21 bits per heavy atom. The van der Waals surface area contributed by atoms with Crippen molar-refractivity contribution in [1.29, 1.82) is 0 Å². The molecule has 0 atom stereocenters. The van der Waals surface area contributed by atoms with Gasteiger partial charge < -0.3 is 15.1 Å². The molecule has 0 unspecified atom stereocenters. The van der Waals surface area contributed by atoms with Crippen molar-refractivity contribution in [2.75, 3.05) is 53.4 Å². The lowest BCUT2D eigenvalue weighted by molar-refractivity contribution is -0.121. The van der Waals surface area contributed by atoms with Gasteiger partial charge in [-0.1, -0.05) is 17.7 Å². The number of benzene rings is 1. The number of likely N-dealkylation sites (N-methyl/N-ethyl adjacent to an activating group) is 1. The van der Waals surface area contributed by atoms with Crippen LogP contribution >= 0.6 is 0 Å². The van der Waals surface area contributed by atoms with Crippen molar-refractivity contribution in [2.24, 2.45) is 5.92 Å². The lowest BCUT2D eigenvalue weighted by Gasteiger charge is -2.32. The summed E-state index contributed by atoms with van der Waals surface area (Å²) in [6.07, 6.45) is 2.33. The highest BCUT2D eigenvalue weighted by molar-refractivity contribution is 7.89. The number of piperidine rings is 1. The molecule has 2 rings (SSSR count). The maximum atomic E-state index is 12.4. The first-order valence-electron chi connectivity index (χ1n) is 10.4. The van der Waals surface area contributed by atoms with E-state index in [0.717, 1.165) is 44.6 Å². The molecule has 1 aliphatic rings. The van der Waals surface area contributed by atoms with Gasteiger partial charge in [-0.2, -0.15) is 0 Å². The highest BCUT2D eigenvalue weighted by Crippen LogP contribution is 2.17. The van der Waals surface area contributed by atoms with E-state index in [1.165, 1.54) is 0 Å². The van der Waals surface area contributed by atoms with Crippen molar-refractivity contribution in [3.05, 3.63) is 29.3 Å². The molecule has 8 heteroatoms. The minimum Gasteiger partial charge on any atom is -0.356 e. The number of likely N-dealkylation sites (tertiary alicyclic amines) is 1. The monoisotopic (exact) mass is 424 g/mol. The number of rotatable bonds is 10. The molecule has 1 fully saturated rings. The molecule has 1 heterocycles. The van der Waals surface area contributed by atoms with Gasteiger partial charge in [-0.15, -0.1) is 0 Å². The lowest BCUT2D eigenvalue weighted by atomic mass is 9.97. The fraction of sp³-hybridized carbons (Fsp3) is 0.667. The molecule has 7 nitrogen and oxygen atoms in total. The summed E-state index contributed by atoms with van der Waals surface area (Å²) < 4.78 is 27.4. The Labute approximate surface area is 175 Å². The first-order chi connectivity index (χ1) is 13.7. The molecule has 1 aromatic rings. The smallest absolute Gasteiger partial charge is 0.240 e. The second-order valence-electron chi connectivity index (χ2n) is 8.31. The minimum absolute atomic E-state index is 0.102. The van der Waals surface area contributed by atoms with E-state index in [1.807, 2.05) is 13.0 Å². The second kappa shape index (κ2) is 11.1. The number of nitrogens with one attached hydrogen (secondary N) is 2. The Bertz CT molecular complexity index is 772. The maximum Gasteiger partial charge on any atom is 0.240 e. The van der Waals surface area contributed by atoms with Gasteiger partial charge in [-0.05, 0) is 71.4 Å². The van der Waals surface area contributed by atoms with Gasteiger partial charge in [0.25, 0.3) is 0 Å². The molecule has 0 spiro atoms. The zero-order valence-electron chi connectivity index (χ0n) is 18.2. The zero-order valence-corrected chi connectivity index (χ0v) is 19.0. The molecule has 0 radical (unpaired) electrons. The Morgan fingerprint density at radius 2 is 1.90 bits per heavy atom. The van der Waals surface area contributed by atoms with E-state index in [9.17, 15) is 13.2 Å². The third-order valence-electron chi connectivity index (χ3n) is 5.42. The molecule has 1 saturated heterocycles. The fourth-order valence-corrected chi connectivity index (χ4v) is 4.84. The summed E-state index contributed by atoms with van der Waals surface area (Å²) in [5, 5.41) is 2.96. The van der Waals surface area contributed by atoms with Gasteiger partial charge in [0, 0.05) is 32.6 Å². The molecule has 164 valence electrons. The molecule has 1 aromatic carbocycles. The number of amides is 1. The highest BCUT2D eigenvalue weighted by Gasteiger charge is 2.20.